The van der Waals surface area contributed by atoms with Gasteiger partial charge < -0.3 is 23.7 Å². The molecule has 0 saturated heterocycles. The molecule has 9 heteroatoms. The molecule has 1 aliphatic heterocycles. The van der Waals surface area contributed by atoms with Gasteiger partial charge in [-0.25, -0.2) is 4.79 Å². The van der Waals surface area contributed by atoms with Crippen molar-refractivity contribution >= 4 is 23.7 Å². The van der Waals surface area contributed by atoms with Crippen LogP contribution >= 0.6 is 0 Å². The van der Waals surface area contributed by atoms with E-state index in [0.717, 1.165) is 0 Å². The lowest BCUT2D eigenvalue weighted by Crippen LogP contribution is -2.72. The summed E-state index contributed by atoms with van der Waals surface area (Å²) in [6.45, 7) is 7.11. The Morgan fingerprint density at radius 2 is 1.95 bits per heavy atom. The number of Topliss-reactive ketones (excluding diaryl/α,β-unsaturated/α-hetero) is 1. The van der Waals surface area contributed by atoms with Crippen LogP contribution in [0.15, 0.2) is 34.7 Å². The summed E-state index contributed by atoms with van der Waals surface area (Å²) in [6.07, 6.45) is 4.41. The van der Waals surface area contributed by atoms with Crippen LogP contribution in [0.5, 0.6) is 0 Å². The highest BCUT2D eigenvalue weighted by molar-refractivity contribution is 5.94. The number of fused-ring (bicyclic) bond motifs is 7. The molecule has 9 nitrogen and oxygen atoms in total. The van der Waals surface area contributed by atoms with Crippen LogP contribution in [0.2, 0.25) is 0 Å². The smallest absolute Gasteiger partial charge is 0.331 e. The van der Waals surface area contributed by atoms with Crippen molar-refractivity contribution in [2.24, 2.45) is 39.9 Å². The van der Waals surface area contributed by atoms with Gasteiger partial charge in [0.2, 0.25) is 0 Å². The Labute approximate surface area is 220 Å². The topological polar surface area (TPSA) is 129 Å². The zero-order valence-electron chi connectivity index (χ0n) is 22.3. The van der Waals surface area contributed by atoms with Crippen LogP contribution in [-0.4, -0.2) is 47.6 Å². The number of methoxy groups -OCH3 is 1. The number of ketones is 1. The van der Waals surface area contributed by atoms with Gasteiger partial charge in [0.1, 0.15) is 18.0 Å². The fourth-order valence-electron chi connectivity index (χ4n) is 9.61. The van der Waals surface area contributed by atoms with E-state index in [0.29, 0.717) is 30.4 Å². The lowest BCUT2D eigenvalue weighted by Gasteiger charge is -2.65. The highest BCUT2D eigenvalue weighted by Gasteiger charge is 2.82. The molecule has 4 saturated carbocycles. The number of hydrogen-bond acceptors (Lipinski definition) is 9. The number of ether oxygens (including phenoxy) is 3. The number of furan rings is 1. The predicted octanol–water partition coefficient (Wildman–Crippen LogP) is 3.31. The molecule has 0 amide bonds. The second-order valence-corrected chi connectivity index (χ2v) is 12.6. The molecule has 1 aromatic rings. The summed E-state index contributed by atoms with van der Waals surface area (Å²) in [5, 5.41) is 13.0. The van der Waals surface area contributed by atoms with Gasteiger partial charge in [0.25, 0.3) is 0 Å². The van der Waals surface area contributed by atoms with Crippen LogP contribution in [0, 0.1) is 39.9 Å². The van der Waals surface area contributed by atoms with Crippen molar-refractivity contribution in [3.05, 3.63) is 35.8 Å². The number of carbonyl (C=O) groups is 4. The molecule has 0 aromatic carbocycles. The van der Waals surface area contributed by atoms with Crippen LogP contribution in [0.3, 0.4) is 0 Å². The maximum Gasteiger partial charge on any atom is 0.331 e. The Balaban J connectivity index is 1.56. The van der Waals surface area contributed by atoms with Gasteiger partial charge in [0.15, 0.2) is 0 Å². The van der Waals surface area contributed by atoms with Gasteiger partial charge in [-0.05, 0) is 36.8 Å². The molecule has 4 fully saturated rings. The summed E-state index contributed by atoms with van der Waals surface area (Å²) in [6, 6.07) is 1.76. The maximum atomic E-state index is 14.4. The van der Waals surface area contributed by atoms with Crippen LogP contribution in [-0.2, 0) is 33.4 Å². The minimum atomic E-state index is -1.54. The van der Waals surface area contributed by atoms with E-state index in [-0.39, 0.29) is 12.2 Å². The zero-order valence-corrected chi connectivity index (χ0v) is 22.3. The second-order valence-electron chi connectivity index (χ2n) is 12.6. The SMILES string of the molecule is COC(=O)C[C@@H]1[C@]2(C)C[C@H]3[C@H](C(=O)[C@]1(C)[C@H]1CC[C@]4(C)C(=CC(=O)O[C@H]4c4ccoc4)[C@]13O)[C@H]2OC(C)=O. The standard InChI is InChI=1S/C29H34O9/c1-14(30)37-25-22-16-12-27(25,3)18(10-20(31)35-5)28(4,23(22)33)17-6-8-26(2)19(29(16,17)34)11-21(32)38-24(26)15-7-9-36-13-15/h7,9,11,13,16-18,22,24-25,34H,6,8,10,12H2,1-5H3/t16-,17+,18+,22+,24-,25+,26+,27-,28+,29+/m0/s1. The number of aliphatic hydroxyl groups is 1. The van der Waals surface area contributed by atoms with Crippen molar-refractivity contribution in [3.63, 3.8) is 0 Å². The molecule has 1 N–H and O–H groups in total. The van der Waals surface area contributed by atoms with Crippen molar-refractivity contribution in [3.8, 4) is 0 Å². The molecule has 6 rings (SSSR count). The molecule has 0 radical (unpaired) electrons. The van der Waals surface area contributed by atoms with Crippen molar-refractivity contribution in [1.82, 2.24) is 0 Å². The number of hydrogen-bond donors (Lipinski definition) is 1. The lowest BCUT2D eigenvalue weighted by atomic mass is 9.39. The van der Waals surface area contributed by atoms with Gasteiger partial charge in [0.05, 0.1) is 31.2 Å². The van der Waals surface area contributed by atoms with Crippen molar-refractivity contribution in [2.45, 2.75) is 71.2 Å². The highest BCUT2D eigenvalue weighted by Crippen LogP contribution is 2.77. The summed E-state index contributed by atoms with van der Waals surface area (Å²) in [7, 11) is 1.31. The summed E-state index contributed by atoms with van der Waals surface area (Å²) in [4.78, 5) is 52.3. The summed E-state index contributed by atoms with van der Waals surface area (Å²) in [5.41, 5.74) is -2.87. The lowest BCUT2D eigenvalue weighted by molar-refractivity contribution is -0.222. The third-order valence-corrected chi connectivity index (χ3v) is 11.1. The zero-order chi connectivity index (χ0) is 27.4. The second kappa shape index (κ2) is 7.81. The van der Waals surface area contributed by atoms with Crippen molar-refractivity contribution < 1.29 is 42.9 Å². The molecule has 3 bridgehead atoms. The number of carbonyl (C=O) groups excluding carboxylic acids is 4. The first-order valence-electron chi connectivity index (χ1n) is 13.3. The van der Waals surface area contributed by atoms with Gasteiger partial charge in [0, 0.05) is 53.1 Å². The highest BCUT2D eigenvalue weighted by atomic mass is 16.6. The van der Waals surface area contributed by atoms with E-state index in [1.807, 2.05) is 20.8 Å². The van der Waals surface area contributed by atoms with Gasteiger partial charge in [-0.15, -0.1) is 0 Å². The van der Waals surface area contributed by atoms with E-state index < -0.39 is 75.6 Å². The first-order chi connectivity index (χ1) is 17.8. The van der Waals surface area contributed by atoms with Crippen LogP contribution in [0.4, 0.5) is 0 Å². The molecule has 38 heavy (non-hydrogen) atoms. The molecule has 5 aliphatic rings. The van der Waals surface area contributed by atoms with Gasteiger partial charge in [-0.1, -0.05) is 20.8 Å². The largest absolute Gasteiger partial charge is 0.472 e. The number of esters is 3. The Hall–Kier alpha value is -2.94. The normalized spacial score (nSPS) is 46.5. The van der Waals surface area contributed by atoms with Crippen LogP contribution < -0.4 is 0 Å². The maximum absolute atomic E-state index is 14.4. The van der Waals surface area contributed by atoms with Crippen molar-refractivity contribution in [2.75, 3.05) is 7.11 Å². The van der Waals surface area contributed by atoms with E-state index in [2.05, 4.69) is 0 Å². The summed E-state index contributed by atoms with van der Waals surface area (Å²) >= 11 is 0. The Morgan fingerprint density at radius 3 is 2.58 bits per heavy atom. The third kappa shape index (κ3) is 2.86. The fourth-order valence-corrected chi connectivity index (χ4v) is 9.61. The molecule has 0 spiro atoms. The molecule has 4 aliphatic carbocycles. The number of rotatable bonds is 4. The van der Waals surface area contributed by atoms with E-state index >= 15 is 0 Å². The average molecular weight is 527 g/mol. The first kappa shape index (κ1) is 25.3. The monoisotopic (exact) mass is 526 g/mol. The third-order valence-electron chi connectivity index (χ3n) is 11.1. The van der Waals surface area contributed by atoms with Gasteiger partial charge in [-0.2, -0.15) is 0 Å². The van der Waals surface area contributed by atoms with E-state index in [4.69, 9.17) is 18.6 Å². The Morgan fingerprint density at radius 1 is 1.21 bits per heavy atom. The Kier molecular flexibility index (Phi) is 5.21. The minimum Gasteiger partial charge on any atom is -0.472 e. The predicted molar refractivity (Wildman–Crippen MR) is 130 cm³/mol. The molecule has 0 unspecified atom stereocenters. The number of cyclic esters (lactones) is 1. The van der Waals surface area contributed by atoms with Gasteiger partial charge in [-0.3, -0.25) is 14.4 Å². The molecule has 2 heterocycles. The summed E-state index contributed by atoms with van der Waals surface area (Å²) < 4.78 is 22.0. The van der Waals surface area contributed by atoms with E-state index in [1.165, 1.54) is 26.4 Å². The molecular formula is C29H34O9. The van der Waals surface area contributed by atoms with Gasteiger partial charge >= 0.3 is 17.9 Å². The molecular weight excluding hydrogens is 492 g/mol. The van der Waals surface area contributed by atoms with Crippen LogP contribution in [0.1, 0.15) is 65.0 Å². The van der Waals surface area contributed by atoms with E-state index in [9.17, 15) is 24.3 Å². The fraction of sp³-hybridized carbons (Fsp3) is 0.655. The average Bonchev–Trinajstić information content (AvgIpc) is 3.46. The van der Waals surface area contributed by atoms with Crippen molar-refractivity contribution in [1.29, 1.82) is 0 Å². The molecule has 10 atom stereocenters. The van der Waals surface area contributed by atoms with Crippen LogP contribution in [0.25, 0.3) is 0 Å². The quantitative estimate of drug-likeness (QED) is 0.464. The molecule has 1 aromatic heterocycles. The van der Waals surface area contributed by atoms with E-state index in [1.54, 1.807) is 12.3 Å². The molecule has 204 valence electrons. The summed E-state index contributed by atoms with van der Waals surface area (Å²) in [5.74, 6) is -4.01. The first-order valence-corrected chi connectivity index (χ1v) is 13.3. The minimum absolute atomic E-state index is 0.0327. The Bertz CT molecular complexity index is 1260.